The van der Waals surface area contributed by atoms with E-state index in [4.69, 9.17) is 16.1 Å². The Bertz CT molecular complexity index is 1150. The SMILES string of the molecule is CC(=O)NCCn1c(Cc2nc3ccccc3[nH]2)nc2ccc(C(=N)N)cc21. The maximum absolute atomic E-state index is 11.3. The van der Waals surface area contributed by atoms with E-state index >= 15 is 0 Å². The average molecular weight is 375 g/mol. The van der Waals surface area contributed by atoms with Crippen LogP contribution in [0.1, 0.15) is 24.1 Å². The number of amidine groups is 1. The van der Waals surface area contributed by atoms with Crippen LogP contribution in [0.15, 0.2) is 42.5 Å². The summed E-state index contributed by atoms with van der Waals surface area (Å²) in [5.41, 5.74) is 9.89. The first kappa shape index (κ1) is 17.7. The predicted molar refractivity (Wildman–Crippen MR) is 108 cm³/mol. The summed E-state index contributed by atoms with van der Waals surface area (Å²) in [6.07, 6.45) is 0.527. The van der Waals surface area contributed by atoms with Gasteiger partial charge < -0.3 is 20.6 Å². The van der Waals surface area contributed by atoms with E-state index in [1.165, 1.54) is 6.92 Å². The van der Waals surface area contributed by atoms with E-state index in [1.54, 1.807) is 6.07 Å². The fourth-order valence-corrected chi connectivity index (χ4v) is 3.31. The van der Waals surface area contributed by atoms with Gasteiger partial charge in [0, 0.05) is 25.6 Å². The van der Waals surface area contributed by atoms with Crippen LogP contribution < -0.4 is 11.1 Å². The van der Waals surface area contributed by atoms with Crippen molar-refractivity contribution in [3.05, 3.63) is 59.7 Å². The summed E-state index contributed by atoms with van der Waals surface area (Å²) in [5, 5.41) is 10.5. The van der Waals surface area contributed by atoms with Gasteiger partial charge >= 0.3 is 0 Å². The lowest BCUT2D eigenvalue weighted by molar-refractivity contribution is -0.118. The molecule has 0 radical (unpaired) electrons. The first-order chi connectivity index (χ1) is 13.5. The molecule has 4 aromatic rings. The van der Waals surface area contributed by atoms with Crippen LogP contribution in [0, 0.1) is 5.41 Å². The van der Waals surface area contributed by atoms with Crippen LogP contribution in [0.3, 0.4) is 0 Å². The first-order valence-electron chi connectivity index (χ1n) is 9.03. The van der Waals surface area contributed by atoms with Crippen LogP contribution in [0.25, 0.3) is 22.1 Å². The number of para-hydroxylation sites is 2. The molecule has 0 unspecified atom stereocenters. The zero-order valence-electron chi connectivity index (χ0n) is 15.5. The topological polar surface area (TPSA) is 125 Å². The van der Waals surface area contributed by atoms with Crippen LogP contribution in [0.4, 0.5) is 0 Å². The molecule has 28 heavy (non-hydrogen) atoms. The number of rotatable bonds is 6. The zero-order valence-corrected chi connectivity index (χ0v) is 15.5. The molecule has 5 N–H and O–H groups in total. The summed E-state index contributed by atoms with van der Waals surface area (Å²) in [6.45, 7) is 2.54. The molecule has 4 rings (SSSR count). The quantitative estimate of drug-likeness (QED) is 0.303. The van der Waals surface area contributed by atoms with Gasteiger partial charge in [0.15, 0.2) is 0 Å². The minimum atomic E-state index is -0.0762. The highest BCUT2D eigenvalue weighted by atomic mass is 16.1. The van der Waals surface area contributed by atoms with Crippen molar-refractivity contribution in [2.45, 2.75) is 19.9 Å². The van der Waals surface area contributed by atoms with Gasteiger partial charge in [-0.3, -0.25) is 10.2 Å². The second-order valence-electron chi connectivity index (χ2n) is 6.66. The van der Waals surface area contributed by atoms with Gasteiger partial charge in [-0.1, -0.05) is 12.1 Å². The summed E-state index contributed by atoms with van der Waals surface area (Å²) in [4.78, 5) is 24.0. The molecule has 0 spiro atoms. The molecular weight excluding hydrogens is 354 g/mol. The van der Waals surface area contributed by atoms with Crippen LogP contribution >= 0.6 is 0 Å². The monoisotopic (exact) mass is 375 g/mol. The number of amides is 1. The molecule has 8 nitrogen and oxygen atoms in total. The van der Waals surface area contributed by atoms with Crippen molar-refractivity contribution >= 4 is 33.8 Å². The number of nitrogen functional groups attached to an aromatic ring is 1. The van der Waals surface area contributed by atoms with Crippen LogP contribution in [0.5, 0.6) is 0 Å². The number of imidazole rings is 2. The van der Waals surface area contributed by atoms with Crippen molar-refractivity contribution < 1.29 is 4.79 Å². The van der Waals surface area contributed by atoms with Crippen molar-refractivity contribution in [3.8, 4) is 0 Å². The number of aromatic amines is 1. The fraction of sp³-hybridized carbons (Fsp3) is 0.200. The first-order valence-corrected chi connectivity index (χ1v) is 9.03. The lowest BCUT2D eigenvalue weighted by Gasteiger charge is -2.09. The second kappa shape index (κ2) is 7.15. The molecule has 2 heterocycles. The lowest BCUT2D eigenvalue weighted by atomic mass is 10.2. The maximum Gasteiger partial charge on any atom is 0.216 e. The van der Waals surface area contributed by atoms with Gasteiger partial charge in [-0.15, -0.1) is 0 Å². The van der Waals surface area contributed by atoms with Crippen molar-refractivity contribution in [3.63, 3.8) is 0 Å². The Morgan fingerprint density at radius 3 is 2.79 bits per heavy atom. The summed E-state index contributed by atoms with van der Waals surface area (Å²) in [7, 11) is 0. The number of H-pyrrole nitrogens is 1. The van der Waals surface area contributed by atoms with Gasteiger partial charge in [-0.25, -0.2) is 9.97 Å². The molecule has 8 heteroatoms. The third-order valence-electron chi connectivity index (χ3n) is 4.61. The van der Waals surface area contributed by atoms with E-state index in [9.17, 15) is 4.79 Å². The summed E-state index contributed by atoms with van der Waals surface area (Å²) >= 11 is 0. The minimum Gasteiger partial charge on any atom is -0.384 e. The van der Waals surface area contributed by atoms with Gasteiger partial charge in [0.2, 0.25) is 5.91 Å². The smallest absolute Gasteiger partial charge is 0.216 e. The van der Waals surface area contributed by atoms with Crippen LogP contribution in [0.2, 0.25) is 0 Å². The van der Waals surface area contributed by atoms with Gasteiger partial charge in [0.05, 0.1) is 28.5 Å². The highest BCUT2D eigenvalue weighted by Crippen LogP contribution is 2.20. The van der Waals surface area contributed by atoms with Crippen molar-refractivity contribution in [1.82, 2.24) is 24.8 Å². The van der Waals surface area contributed by atoms with Crippen LogP contribution in [-0.2, 0) is 17.8 Å². The molecule has 142 valence electrons. The zero-order chi connectivity index (χ0) is 19.7. The Balaban J connectivity index is 1.74. The molecule has 0 aliphatic carbocycles. The third kappa shape index (κ3) is 3.44. The molecular formula is C20H21N7O. The number of nitrogens with one attached hydrogen (secondary N) is 3. The van der Waals surface area contributed by atoms with Gasteiger partial charge in [0.25, 0.3) is 0 Å². The van der Waals surface area contributed by atoms with E-state index in [-0.39, 0.29) is 11.7 Å². The Morgan fingerprint density at radius 2 is 2.04 bits per heavy atom. The largest absolute Gasteiger partial charge is 0.384 e. The molecule has 0 aliphatic rings. The Kier molecular flexibility index (Phi) is 4.52. The number of benzene rings is 2. The van der Waals surface area contributed by atoms with E-state index in [2.05, 4.69) is 15.3 Å². The molecule has 0 atom stereocenters. The minimum absolute atomic E-state index is 0.00958. The molecule has 2 aromatic carbocycles. The lowest BCUT2D eigenvalue weighted by Crippen LogP contribution is -2.25. The fourth-order valence-electron chi connectivity index (χ4n) is 3.31. The highest BCUT2D eigenvalue weighted by molar-refractivity contribution is 5.98. The van der Waals surface area contributed by atoms with Crippen molar-refractivity contribution in [2.24, 2.45) is 5.73 Å². The number of hydrogen-bond donors (Lipinski definition) is 4. The number of fused-ring (bicyclic) bond motifs is 2. The van der Waals surface area contributed by atoms with E-state index in [0.717, 1.165) is 33.7 Å². The number of nitrogens with two attached hydrogens (primary N) is 1. The molecule has 0 bridgehead atoms. The molecule has 0 fully saturated rings. The molecule has 2 aromatic heterocycles. The average Bonchev–Trinajstić information content (AvgIpc) is 3.22. The van der Waals surface area contributed by atoms with E-state index in [0.29, 0.717) is 25.1 Å². The standard InChI is InChI=1S/C20H21N7O/c1-12(28)23-8-9-27-17-10-13(20(21)22)6-7-16(17)26-19(27)11-18-24-14-4-2-3-5-15(14)25-18/h2-7,10H,8-9,11H2,1H3,(H3,21,22)(H,23,28)(H,24,25). The molecule has 1 amide bonds. The summed E-state index contributed by atoms with van der Waals surface area (Å²) in [6, 6.07) is 13.4. The Morgan fingerprint density at radius 1 is 1.21 bits per heavy atom. The Labute approximate surface area is 161 Å². The Hall–Kier alpha value is -3.68. The second-order valence-corrected chi connectivity index (χ2v) is 6.66. The summed E-state index contributed by atoms with van der Waals surface area (Å²) < 4.78 is 2.05. The molecule has 0 saturated carbocycles. The normalized spacial score (nSPS) is 11.2. The molecule has 0 saturated heterocycles. The summed E-state index contributed by atoms with van der Waals surface area (Å²) in [5.74, 6) is 1.59. The van der Waals surface area contributed by atoms with Gasteiger partial charge in [-0.05, 0) is 30.3 Å². The molecule has 0 aliphatic heterocycles. The van der Waals surface area contributed by atoms with Crippen LogP contribution in [-0.4, -0.2) is 37.8 Å². The van der Waals surface area contributed by atoms with E-state index in [1.807, 2.05) is 41.0 Å². The number of carbonyl (C=O) groups is 1. The number of nitrogens with zero attached hydrogens (tertiary/aromatic N) is 3. The van der Waals surface area contributed by atoms with E-state index < -0.39 is 0 Å². The number of carbonyl (C=O) groups excluding carboxylic acids is 1. The third-order valence-corrected chi connectivity index (χ3v) is 4.61. The predicted octanol–water partition coefficient (Wildman–Crippen LogP) is 1.92. The van der Waals surface area contributed by atoms with Gasteiger partial charge in [0.1, 0.15) is 17.5 Å². The van der Waals surface area contributed by atoms with Gasteiger partial charge in [-0.2, -0.15) is 0 Å². The number of aromatic nitrogens is 4. The maximum atomic E-state index is 11.3. The highest BCUT2D eigenvalue weighted by Gasteiger charge is 2.14. The number of hydrogen-bond acceptors (Lipinski definition) is 4. The van der Waals surface area contributed by atoms with Crippen molar-refractivity contribution in [1.29, 1.82) is 5.41 Å². The van der Waals surface area contributed by atoms with Crippen molar-refractivity contribution in [2.75, 3.05) is 6.54 Å².